The van der Waals surface area contributed by atoms with Crippen molar-refractivity contribution in [1.29, 1.82) is 0 Å². The lowest BCUT2D eigenvalue weighted by Crippen LogP contribution is -2.30. The van der Waals surface area contributed by atoms with Crippen LogP contribution in [0.4, 0.5) is 0 Å². The Labute approximate surface area is 492 Å². The van der Waals surface area contributed by atoms with Crippen LogP contribution in [-0.2, 0) is 28.6 Å². The van der Waals surface area contributed by atoms with Crippen LogP contribution in [-0.4, -0.2) is 37.2 Å². The summed E-state index contributed by atoms with van der Waals surface area (Å²) in [5.41, 5.74) is 0. The second-order valence-corrected chi connectivity index (χ2v) is 23.8. The van der Waals surface area contributed by atoms with Gasteiger partial charge in [0.15, 0.2) is 6.10 Å². The van der Waals surface area contributed by atoms with Gasteiger partial charge in [0.2, 0.25) is 0 Å². The molecule has 1 atom stereocenters. The maximum atomic E-state index is 12.9. The van der Waals surface area contributed by atoms with Crippen molar-refractivity contribution in [2.24, 2.45) is 0 Å². The first-order valence-electron chi connectivity index (χ1n) is 35.1. The number of ether oxygens (including phenoxy) is 3. The van der Waals surface area contributed by atoms with Gasteiger partial charge < -0.3 is 14.2 Å². The molecule has 0 saturated carbocycles. The summed E-state index contributed by atoms with van der Waals surface area (Å²) in [4.78, 5) is 38.3. The van der Waals surface area contributed by atoms with Gasteiger partial charge in [0.25, 0.3) is 0 Å². The molecule has 0 heterocycles. The molecule has 0 aromatic carbocycles. The van der Waals surface area contributed by atoms with Gasteiger partial charge in [-0.1, -0.05) is 333 Å². The topological polar surface area (TPSA) is 78.9 Å². The third-order valence-electron chi connectivity index (χ3n) is 15.8. The van der Waals surface area contributed by atoms with E-state index in [0.29, 0.717) is 19.3 Å². The van der Waals surface area contributed by atoms with Crippen molar-refractivity contribution in [3.8, 4) is 0 Å². The Morgan fingerprint density at radius 3 is 0.797 bits per heavy atom. The molecule has 0 bridgehead atoms. The number of unbranched alkanes of at least 4 members (excludes halogenated alkanes) is 46. The molecule has 6 heteroatoms. The second-order valence-electron chi connectivity index (χ2n) is 23.8. The van der Waals surface area contributed by atoms with Crippen molar-refractivity contribution >= 4 is 17.9 Å². The smallest absolute Gasteiger partial charge is 0.306 e. The molecule has 0 N–H and O–H groups in total. The average Bonchev–Trinajstić information content (AvgIpc) is 3.45. The van der Waals surface area contributed by atoms with Gasteiger partial charge in [-0.15, -0.1) is 0 Å². The molecule has 0 aromatic rings. The molecule has 1 unspecified atom stereocenters. The highest BCUT2D eigenvalue weighted by atomic mass is 16.6. The van der Waals surface area contributed by atoms with E-state index in [1.165, 1.54) is 257 Å². The van der Waals surface area contributed by atoms with Gasteiger partial charge in [0, 0.05) is 19.3 Å². The molecule has 0 aliphatic rings. The van der Waals surface area contributed by atoms with Crippen LogP contribution in [0.1, 0.15) is 380 Å². The van der Waals surface area contributed by atoms with Gasteiger partial charge in [-0.05, 0) is 77.0 Å². The summed E-state index contributed by atoms with van der Waals surface area (Å²) < 4.78 is 16.9. The van der Waals surface area contributed by atoms with E-state index >= 15 is 0 Å². The Bertz CT molecular complexity index is 1360. The molecular weight excluding hydrogens is 973 g/mol. The standard InChI is InChI=1S/C73H134O6/c1-4-7-10-13-16-19-22-25-27-29-30-31-32-33-34-35-36-37-38-39-40-41-42-44-45-48-51-54-57-60-63-66-72(75)78-69-70(68-77-71(74)65-62-59-56-53-50-47-24-21-18-15-12-9-6-3)79-73(76)67-64-61-58-55-52-49-46-43-28-26-23-20-17-14-11-8-5-2/h9,12,18,21,26,28,47,50,70H,4-8,10-11,13-17,19-20,22-25,27,29-46,48-49,51-69H2,1-3H3/b12-9-,21-18-,28-26-,50-47-. The predicted molar refractivity (Wildman–Crippen MR) is 344 cm³/mol. The molecule has 0 aliphatic heterocycles. The summed E-state index contributed by atoms with van der Waals surface area (Å²) in [6.45, 7) is 6.55. The van der Waals surface area contributed by atoms with Crippen molar-refractivity contribution < 1.29 is 28.6 Å². The van der Waals surface area contributed by atoms with Gasteiger partial charge in [-0.25, -0.2) is 0 Å². The Morgan fingerprint density at radius 2 is 0.494 bits per heavy atom. The fraction of sp³-hybridized carbons (Fsp3) is 0.849. The number of carbonyl (C=O) groups is 3. The molecule has 0 fully saturated rings. The van der Waals surface area contributed by atoms with Crippen LogP contribution in [0.15, 0.2) is 48.6 Å². The predicted octanol–water partition coefficient (Wildman–Crippen LogP) is 24.1. The van der Waals surface area contributed by atoms with E-state index in [1.807, 2.05) is 0 Å². The summed E-state index contributed by atoms with van der Waals surface area (Å²) in [6.07, 6.45) is 85.9. The third-order valence-corrected chi connectivity index (χ3v) is 15.8. The molecule has 0 rings (SSSR count). The first-order chi connectivity index (χ1) is 39.0. The number of rotatable bonds is 65. The monoisotopic (exact) mass is 1110 g/mol. The summed E-state index contributed by atoms with van der Waals surface area (Å²) in [5.74, 6) is -0.894. The molecule has 6 nitrogen and oxygen atoms in total. The van der Waals surface area contributed by atoms with Crippen molar-refractivity contribution in [3.63, 3.8) is 0 Å². The number of esters is 3. The fourth-order valence-electron chi connectivity index (χ4n) is 10.6. The highest BCUT2D eigenvalue weighted by molar-refractivity contribution is 5.71. The highest BCUT2D eigenvalue weighted by Gasteiger charge is 2.19. The summed E-state index contributed by atoms with van der Waals surface area (Å²) >= 11 is 0. The van der Waals surface area contributed by atoms with Crippen LogP contribution in [0.3, 0.4) is 0 Å². The molecular formula is C73H134O6. The van der Waals surface area contributed by atoms with Gasteiger partial charge >= 0.3 is 17.9 Å². The van der Waals surface area contributed by atoms with Crippen molar-refractivity contribution in [2.75, 3.05) is 13.2 Å². The summed E-state index contributed by atoms with van der Waals surface area (Å²) in [7, 11) is 0. The first-order valence-corrected chi connectivity index (χ1v) is 35.1. The van der Waals surface area contributed by atoms with Gasteiger partial charge in [-0.2, -0.15) is 0 Å². The van der Waals surface area contributed by atoms with Crippen LogP contribution in [0.2, 0.25) is 0 Å². The minimum atomic E-state index is -0.787. The van der Waals surface area contributed by atoms with E-state index in [2.05, 4.69) is 69.4 Å². The highest BCUT2D eigenvalue weighted by Crippen LogP contribution is 2.19. The molecule has 79 heavy (non-hydrogen) atoms. The zero-order chi connectivity index (χ0) is 57.1. The molecule has 0 radical (unpaired) electrons. The SMILES string of the molecule is CC/C=C\C/C=C\C/C=C\CCCCCC(=O)OCC(COC(=O)CCCCCCCCCCCCCCCCCCCCCCCCCCCCCCCCC)OC(=O)CCCCCCCCC/C=C\CCCCCCCC. The normalized spacial score (nSPS) is 12.3. The molecule has 0 amide bonds. The van der Waals surface area contributed by atoms with Crippen molar-refractivity contribution in [1.82, 2.24) is 0 Å². The Hall–Kier alpha value is -2.63. The lowest BCUT2D eigenvalue weighted by atomic mass is 10.0. The minimum absolute atomic E-state index is 0.0807. The number of hydrogen-bond acceptors (Lipinski definition) is 6. The lowest BCUT2D eigenvalue weighted by Gasteiger charge is -2.18. The van der Waals surface area contributed by atoms with Crippen LogP contribution < -0.4 is 0 Å². The molecule has 0 saturated heterocycles. The Balaban J connectivity index is 4.14. The quantitative estimate of drug-likeness (QED) is 0.0261. The summed E-state index contributed by atoms with van der Waals surface area (Å²) in [6, 6.07) is 0. The third kappa shape index (κ3) is 66.1. The van der Waals surface area contributed by atoms with Crippen LogP contribution in [0, 0.1) is 0 Å². The van der Waals surface area contributed by atoms with E-state index in [-0.39, 0.29) is 31.1 Å². The zero-order valence-electron chi connectivity index (χ0n) is 53.2. The fourth-order valence-corrected chi connectivity index (χ4v) is 10.6. The van der Waals surface area contributed by atoms with Gasteiger partial charge in [0.1, 0.15) is 13.2 Å². The maximum absolute atomic E-state index is 12.9. The van der Waals surface area contributed by atoms with E-state index in [0.717, 1.165) is 83.5 Å². The van der Waals surface area contributed by atoms with Crippen LogP contribution >= 0.6 is 0 Å². The lowest BCUT2D eigenvalue weighted by molar-refractivity contribution is -0.167. The summed E-state index contributed by atoms with van der Waals surface area (Å²) in [5, 5.41) is 0. The largest absolute Gasteiger partial charge is 0.462 e. The van der Waals surface area contributed by atoms with E-state index in [1.54, 1.807) is 0 Å². The van der Waals surface area contributed by atoms with E-state index < -0.39 is 6.10 Å². The van der Waals surface area contributed by atoms with Crippen LogP contribution in [0.25, 0.3) is 0 Å². The average molecular weight is 1110 g/mol. The van der Waals surface area contributed by atoms with Crippen LogP contribution in [0.5, 0.6) is 0 Å². The minimum Gasteiger partial charge on any atom is -0.462 e. The molecule has 0 aliphatic carbocycles. The number of carbonyl (C=O) groups excluding carboxylic acids is 3. The maximum Gasteiger partial charge on any atom is 0.306 e. The first kappa shape index (κ1) is 76.4. The zero-order valence-corrected chi connectivity index (χ0v) is 53.2. The van der Waals surface area contributed by atoms with Crippen molar-refractivity contribution in [3.05, 3.63) is 48.6 Å². The molecule has 0 aromatic heterocycles. The molecule has 462 valence electrons. The number of allylic oxidation sites excluding steroid dienone is 8. The Morgan fingerprint density at radius 1 is 0.266 bits per heavy atom. The second kappa shape index (κ2) is 67.9. The van der Waals surface area contributed by atoms with E-state index in [9.17, 15) is 14.4 Å². The van der Waals surface area contributed by atoms with E-state index in [4.69, 9.17) is 14.2 Å². The van der Waals surface area contributed by atoms with Gasteiger partial charge in [-0.3, -0.25) is 14.4 Å². The Kier molecular flexibility index (Phi) is 65.6. The van der Waals surface area contributed by atoms with Crippen molar-refractivity contribution in [2.45, 2.75) is 386 Å². The molecule has 0 spiro atoms. The van der Waals surface area contributed by atoms with Gasteiger partial charge in [0.05, 0.1) is 0 Å². The number of hydrogen-bond donors (Lipinski definition) is 0.